The molecule has 0 unspecified atom stereocenters. The van der Waals surface area contributed by atoms with Crippen LogP contribution in [0.25, 0.3) is 0 Å². The van der Waals surface area contributed by atoms with E-state index in [1.165, 1.54) is 12.8 Å². The molecule has 1 fully saturated rings. The zero-order valence-corrected chi connectivity index (χ0v) is 8.04. The van der Waals surface area contributed by atoms with Crippen molar-refractivity contribution in [2.45, 2.75) is 38.6 Å². The molecule has 1 heterocycles. The first kappa shape index (κ1) is 8.05. The van der Waals surface area contributed by atoms with E-state index in [-0.39, 0.29) is 0 Å². The molecule has 66 valence electrons. The molecule has 1 saturated carbocycles. The van der Waals surface area contributed by atoms with Gasteiger partial charge in [-0.15, -0.1) is 5.10 Å². The number of nitrogens with zero attached hydrogens (tertiary/aromatic N) is 3. The third kappa shape index (κ3) is 1.33. The van der Waals surface area contributed by atoms with Crippen LogP contribution in [0.3, 0.4) is 0 Å². The lowest BCUT2D eigenvalue weighted by atomic mass is 10.3. The molecule has 1 aliphatic carbocycles. The summed E-state index contributed by atoms with van der Waals surface area (Å²) in [5, 5.41) is 4.52. The van der Waals surface area contributed by atoms with Gasteiger partial charge >= 0.3 is 0 Å². The highest BCUT2D eigenvalue weighted by Crippen LogP contribution is 2.39. The molecule has 4 heteroatoms. The third-order valence-electron chi connectivity index (χ3n) is 2.06. The molecule has 0 amide bonds. The summed E-state index contributed by atoms with van der Waals surface area (Å²) in [6.07, 6.45) is 2.48. The molecule has 2 rings (SSSR count). The Labute approximate surface area is 76.7 Å². The summed E-state index contributed by atoms with van der Waals surface area (Å²) in [6, 6.07) is 0.362. The van der Waals surface area contributed by atoms with Crippen LogP contribution in [0.1, 0.15) is 44.5 Å². The normalized spacial score (nSPS) is 17.3. The molecular weight excluding hydrogens is 174 g/mol. The van der Waals surface area contributed by atoms with Gasteiger partial charge in [-0.3, -0.25) is 0 Å². The highest BCUT2D eigenvalue weighted by molar-refractivity contribution is 6.28. The Morgan fingerprint density at radius 1 is 1.50 bits per heavy atom. The second kappa shape index (κ2) is 2.73. The minimum atomic E-state index is 0.362. The topological polar surface area (TPSA) is 30.7 Å². The van der Waals surface area contributed by atoms with Crippen LogP contribution in [0.15, 0.2) is 0 Å². The number of hydrogen-bond donors (Lipinski definition) is 0. The minimum Gasteiger partial charge on any atom is -0.246 e. The van der Waals surface area contributed by atoms with Crippen LogP contribution in [-0.4, -0.2) is 14.8 Å². The Kier molecular flexibility index (Phi) is 1.83. The van der Waals surface area contributed by atoms with E-state index in [0.29, 0.717) is 17.2 Å². The number of aromatic nitrogens is 3. The molecule has 0 spiro atoms. The number of rotatable bonds is 2. The molecule has 0 aliphatic heterocycles. The predicted molar refractivity (Wildman–Crippen MR) is 47.4 cm³/mol. The highest BCUT2D eigenvalue weighted by atomic mass is 35.5. The van der Waals surface area contributed by atoms with Gasteiger partial charge in [-0.2, -0.15) is 0 Å². The van der Waals surface area contributed by atoms with Crippen molar-refractivity contribution in [3.63, 3.8) is 0 Å². The summed E-state index contributed by atoms with van der Waals surface area (Å²) in [6.45, 7) is 4.19. The lowest BCUT2D eigenvalue weighted by molar-refractivity contribution is 0.506. The van der Waals surface area contributed by atoms with Gasteiger partial charge in [0.1, 0.15) is 5.82 Å². The third-order valence-corrected chi connectivity index (χ3v) is 2.22. The lowest BCUT2D eigenvalue weighted by Crippen LogP contribution is -2.06. The predicted octanol–water partition coefficient (Wildman–Crippen LogP) is 2.39. The zero-order chi connectivity index (χ0) is 8.72. The van der Waals surface area contributed by atoms with Gasteiger partial charge in [-0.05, 0) is 38.3 Å². The molecule has 0 aromatic carbocycles. The Bertz CT molecular complexity index is 269. The molecule has 0 radical (unpaired) electrons. The van der Waals surface area contributed by atoms with E-state index in [4.69, 9.17) is 11.6 Å². The average Bonchev–Trinajstić information content (AvgIpc) is 2.75. The second-order valence-electron chi connectivity index (χ2n) is 3.55. The zero-order valence-electron chi connectivity index (χ0n) is 7.29. The molecular formula is C8H12ClN3. The van der Waals surface area contributed by atoms with Gasteiger partial charge in [0.15, 0.2) is 0 Å². The van der Waals surface area contributed by atoms with Gasteiger partial charge in [0.25, 0.3) is 0 Å². The van der Waals surface area contributed by atoms with Crippen LogP contribution in [0.4, 0.5) is 0 Å². The van der Waals surface area contributed by atoms with Crippen LogP contribution < -0.4 is 0 Å². The Morgan fingerprint density at radius 2 is 2.17 bits per heavy atom. The molecule has 1 aromatic heterocycles. The molecule has 0 bridgehead atoms. The maximum Gasteiger partial charge on any atom is 0.242 e. The molecule has 3 nitrogen and oxygen atoms in total. The molecule has 0 N–H and O–H groups in total. The number of hydrogen-bond acceptors (Lipinski definition) is 2. The van der Waals surface area contributed by atoms with Crippen molar-refractivity contribution in [3.05, 3.63) is 11.1 Å². The Balaban J connectivity index is 2.36. The average molecular weight is 186 g/mol. The van der Waals surface area contributed by atoms with Crippen LogP contribution >= 0.6 is 11.6 Å². The largest absolute Gasteiger partial charge is 0.246 e. The summed E-state index contributed by atoms with van der Waals surface area (Å²) in [4.78, 5) is 4.21. The highest BCUT2D eigenvalue weighted by Gasteiger charge is 2.30. The Hall–Kier alpha value is -0.570. The van der Waals surface area contributed by atoms with Crippen LogP contribution in [0.2, 0.25) is 5.28 Å². The summed E-state index contributed by atoms with van der Waals surface area (Å²) in [5.41, 5.74) is 0. The molecule has 0 saturated heterocycles. The fourth-order valence-electron chi connectivity index (χ4n) is 1.31. The van der Waals surface area contributed by atoms with E-state index < -0.39 is 0 Å². The number of halogens is 1. The first-order valence-corrected chi connectivity index (χ1v) is 4.68. The van der Waals surface area contributed by atoms with Crippen molar-refractivity contribution in [1.29, 1.82) is 0 Å². The van der Waals surface area contributed by atoms with E-state index in [9.17, 15) is 0 Å². The quantitative estimate of drug-likeness (QED) is 0.709. The summed E-state index contributed by atoms with van der Waals surface area (Å²) in [5.74, 6) is 1.68. The Morgan fingerprint density at radius 3 is 2.67 bits per heavy atom. The van der Waals surface area contributed by atoms with Gasteiger partial charge in [-0.25, -0.2) is 9.67 Å². The van der Waals surface area contributed by atoms with E-state index >= 15 is 0 Å². The molecule has 1 aliphatic rings. The smallest absolute Gasteiger partial charge is 0.242 e. The van der Waals surface area contributed by atoms with E-state index in [1.807, 2.05) is 4.68 Å². The van der Waals surface area contributed by atoms with Crippen molar-refractivity contribution in [2.24, 2.45) is 0 Å². The fourth-order valence-corrected chi connectivity index (χ4v) is 1.48. The lowest BCUT2D eigenvalue weighted by Gasteiger charge is -2.07. The second-order valence-corrected chi connectivity index (χ2v) is 3.89. The van der Waals surface area contributed by atoms with E-state index in [2.05, 4.69) is 23.9 Å². The van der Waals surface area contributed by atoms with Gasteiger partial charge in [0.2, 0.25) is 5.28 Å². The SMILES string of the molecule is CC(C)n1nc(Cl)nc1C1CC1. The summed E-state index contributed by atoms with van der Waals surface area (Å²) >= 11 is 5.74. The van der Waals surface area contributed by atoms with Gasteiger partial charge < -0.3 is 0 Å². The minimum absolute atomic E-state index is 0.362. The van der Waals surface area contributed by atoms with Crippen LogP contribution in [0, 0.1) is 0 Å². The summed E-state index contributed by atoms with van der Waals surface area (Å²) < 4.78 is 1.93. The van der Waals surface area contributed by atoms with Crippen LogP contribution in [-0.2, 0) is 0 Å². The van der Waals surface area contributed by atoms with Crippen molar-refractivity contribution in [3.8, 4) is 0 Å². The van der Waals surface area contributed by atoms with E-state index in [0.717, 1.165) is 5.82 Å². The van der Waals surface area contributed by atoms with Gasteiger partial charge in [-0.1, -0.05) is 0 Å². The van der Waals surface area contributed by atoms with Crippen LogP contribution in [0.5, 0.6) is 0 Å². The van der Waals surface area contributed by atoms with Gasteiger partial charge in [0.05, 0.1) is 0 Å². The van der Waals surface area contributed by atoms with Crippen molar-refractivity contribution in [1.82, 2.24) is 14.8 Å². The first-order chi connectivity index (χ1) is 5.68. The van der Waals surface area contributed by atoms with Gasteiger partial charge in [0, 0.05) is 12.0 Å². The monoisotopic (exact) mass is 185 g/mol. The molecule has 1 aromatic rings. The fraction of sp³-hybridized carbons (Fsp3) is 0.750. The first-order valence-electron chi connectivity index (χ1n) is 4.30. The molecule has 12 heavy (non-hydrogen) atoms. The van der Waals surface area contributed by atoms with Crippen molar-refractivity contribution < 1.29 is 0 Å². The maximum atomic E-state index is 5.74. The van der Waals surface area contributed by atoms with E-state index in [1.54, 1.807) is 0 Å². The van der Waals surface area contributed by atoms with Crippen molar-refractivity contribution in [2.75, 3.05) is 0 Å². The maximum absolute atomic E-state index is 5.74. The standard InChI is InChI=1S/C8H12ClN3/c1-5(2)12-7(6-3-4-6)10-8(9)11-12/h5-6H,3-4H2,1-2H3. The summed E-state index contributed by atoms with van der Waals surface area (Å²) in [7, 11) is 0. The van der Waals surface area contributed by atoms with Crippen molar-refractivity contribution >= 4 is 11.6 Å². The molecule has 0 atom stereocenters.